The second-order valence-corrected chi connectivity index (χ2v) is 4.50. The summed E-state index contributed by atoms with van der Waals surface area (Å²) in [6.07, 6.45) is -4.47. The van der Waals surface area contributed by atoms with Crippen molar-refractivity contribution in [1.29, 1.82) is 0 Å². The zero-order valence-corrected chi connectivity index (χ0v) is 11.3. The van der Waals surface area contributed by atoms with E-state index in [-0.39, 0.29) is 17.1 Å². The molecule has 0 aliphatic rings. The van der Waals surface area contributed by atoms with E-state index in [4.69, 9.17) is 5.73 Å². The molecule has 0 saturated carbocycles. The van der Waals surface area contributed by atoms with E-state index in [1.807, 2.05) is 0 Å². The highest BCUT2D eigenvalue weighted by Gasteiger charge is 2.30. The Kier molecular flexibility index (Phi) is 3.63. The summed E-state index contributed by atoms with van der Waals surface area (Å²) in [5, 5.41) is 6.37. The first kappa shape index (κ1) is 14.9. The van der Waals surface area contributed by atoms with Gasteiger partial charge in [-0.2, -0.15) is 18.3 Å². The Hall–Kier alpha value is -2.51. The van der Waals surface area contributed by atoms with Crippen LogP contribution in [0.5, 0.6) is 0 Å². The first-order chi connectivity index (χ1) is 9.70. The molecule has 0 atom stereocenters. The number of nitrogens with two attached hydrogens (primary N) is 1. The van der Waals surface area contributed by atoms with Crippen LogP contribution in [0.3, 0.4) is 0 Å². The normalized spacial score (nSPS) is 11.5. The van der Waals surface area contributed by atoms with Crippen LogP contribution in [0.1, 0.15) is 21.7 Å². The molecule has 1 heterocycles. The highest BCUT2D eigenvalue weighted by atomic mass is 19.4. The number of benzene rings is 1. The SMILES string of the molecule is Cc1nn(C)c(C(=O)Nc2cccc(C(F)(F)F)c2)c1N. The summed E-state index contributed by atoms with van der Waals surface area (Å²) in [5.74, 6) is -0.616. The molecule has 8 heteroatoms. The summed E-state index contributed by atoms with van der Waals surface area (Å²) < 4.78 is 39.1. The van der Waals surface area contributed by atoms with Crippen molar-refractivity contribution in [2.75, 3.05) is 11.1 Å². The van der Waals surface area contributed by atoms with E-state index in [0.29, 0.717) is 5.69 Å². The summed E-state index contributed by atoms with van der Waals surface area (Å²) in [5.41, 5.74) is 5.71. The van der Waals surface area contributed by atoms with E-state index in [1.54, 1.807) is 6.92 Å². The standard InChI is InChI=1S/C13H13F3N4O/c1-7-10(17)11(20(2)19-7)12(21)18-9-5-3-4-8(6-9)13(14,15)16/h3-6H,17H2,1-2H3,(H,18,21). The molecule has 1 aromatic heterocycles. The van der Waals surface area contributed by atoms with Gasteiger partial charge in [0.25, 0.3) is 5.91 Å². The van der Waals surface area contributed by atoms with Gasteiger partial charge in [-0.25, -0.2) is 0 Å². The Bertz CT molecular complexity index is 691. The number of nitrogen functional groups attached to an aromatic ring is 1. The Morgan fingerprint density at radius 2 is 2.05 bits per heavy atom. The number of alkyl halides is 3. The largest absolute Gasteiger partial charge is 0.416 e. The molecule has 2 rings (SSSR count). The lowest BCUT2D eigenvalue weighted by Gasteiger charge is -2.10. The minimum absolute atomic E-state index is 0.0353. The summed E-state index contributed by atoms with van der Waals surface area (Å²) >= 11 is 0. The number of amides is 1. The quantitative estimate of drug-likeness (QED) is 0.895. The number of rotatable bonds is 2. The summed E-state index contributed by atoms with van der Waals surface area (Å²) in [6, 6.07) is 4.37. The first-order valence-corrected chi connectivity index (χ1v) is 5.98. The molecule has 112 valence electrons. The van der Waals surface area contributed by atoms with Crippen LogP contribution in [0.15, 0.2) is 24.3 Å². The second kappa shape index (κ2) is 5.12. The van der Waals surface area contributed by atoms with Crippen LogP contribution >= 0.6 is 0 Å². The van der Waals surface area contributed by atoms with Crippen LogP contribution in [0, 0.1) is 6.92 Å². The number of carbonyl (C=O) groups excluding carboxylic acids is 1. The molecule has 3 N–H and O–H groups in total. The highest BCUT2D eigenvalue weighted by molar-refractivity contribution is 6.06. The molecular weight excluding hydrogens is 285 g/mol. The summed E-state index contributed by atoms with van der Waals surface area (Å²) in [7, 11) is 1.53. The Labute approximate surface area is 118 Å². The van der Waals surface area contributed by atoms with Crippen molar-refractivity contribution < 1.29 is 18.0 Å². The molecule has 5 nitrogen and oxygen atoms in total. The van der Waals surface area contributed by atoms with Crippen LogP contribution in [-0.2, 0) is 13.2 Å². The van der Waals surface area contributed by atoms with Crippen molar-refractivity contribution in [3.05, 3.63) is 41.2 Å². The average Bonchev–Trinajstić information content (AvgIpc) is 2.62. The van der Waals surface area contributed by atoms with Crippen LogP contribution in [0.25, 0.3) is 0 Å². The maximum atomic E-state index is 12.6. The number of anilines is 2. The molecule has 0 aliphatic heterocycles. The molecule has 0 spiro atoms. The van der Waals surface area contributed by atoms with Gasteiger partial charge in [0.1, 0.15) is 5.69 Å². The smallest absolute Gasteiger partial charge is 0.395 e. The van der Waals surface area contributed by atoms with Gasteiger partial charge in [0.15, 0.2) is 0 Å². The van der Waals surface area contributed by atoms with Crippen LogP contribution in [0.4, 0.5) is 24.5 Å². The Morgan fingerprint density at radius 3 is 2.57 bits per heavy atom. The molecular formula is C13H13F3N4O. The number of aromatic nitrogens is 2. The first-order valence-electron chi connectivity index (χ1n) is 5.98. The fraction of sp³-hybridized carbons (Fsp3) is 0.231. The molecule has 2 aromatic rings. The number of hydrogen-bond donors (Lipinski definition) is 2. The van der Waals surface area contributed by atoms with E-state index >= 15 is 0 Å². The third kappa shape index (κ3) is 2.99. The summed E-state index contributed by atoms with van der Waals surface area (Å²) in [6.45, 7) is 1.64. The predicted octanol–water partition coefficient (Wildman–Crippen LogP) is 2.58. The van der Waals surface area contributed by atoms with Crippen molar-refractivity contribution in [1.82, 2.24) is 9.78 Å². The summed E-state index contributed by atoms with van der Waals surface area (Å²) in [4.78, 5) is 12.1. The van der Waals surface area contributed by atoms with Gasteiger partial charge in [-0.3, -0.25) is 9.48 Å². The fourth-order valence-corrected chi connectivity index (χ4v) is 1.91. The zero-order chi connectivity index (χ0) is 15.8. The average molecular weight is 298 g/mol. The van der Waals surface area contributed by atoms with E-state index in [2.05, 4.69) is 10.4 Å². The minimum Gasteiger partial charge on any atom is -0.395 e. The van der Waals surface area contributed by atoms with Crippen molar-refractivity contribution in [3.63, 3.8) is 0 Å². The Morgan fingerprint density at radius 1 is 1.38 bits per heavy atom. The third-order valence-corrected chi connectivity index (χ3v) is 2.93. The molecule has 0 unspecified atom stereocenters. The molecule has 0 radical (unpaired) electrons. The molecule has 0 bridgehead atoms. The van der Waals surface area contributed by atoms with E-state index in [9.17, 15) is 18.0 Å². The fourth-order valence-electron chi connectivity index (χ4n) is 1.91. The molecule has 0 fully saturated rings. The van der Waals surface area contributed by atoms with E-state index < -0.39 is 17.6 Å². The van der Waals surface area contributed by atoms with Gasteiger partial charge < -0.3 is 11.1 Å². The number of nitrogens with one attached hydrogen (secondary N) is 1. The number of carbonyl (C=O) groups is 1. The van der Waals surface area contributed by atoms with Crippen LogP contribution in [-0.4, -0.2) is 15.7 Å². The lowest BCUT2D eigenvalue weighted by atomic mass is 10.2. The zero-order valence-electron chi connectivity index (χ0n) is 11.3. The van der Waals surface area contributed by atoms with Crippen molar-refractivity contribution in [2.24, 2.45) is 7.05 Å². The lowest BCUT2D eigenvalue weighted by Crippen LogP contribution is -2.18. The second-order valence-electron chi connectivity index (χ2n) is 4.50. The number of nitrogens with zero attached hydrogens (tertiary/aromatic N) is 2. The topological polar surface area (TPSA) is 72.9 Å². The third-order valence-electron chi connectivity index (χ3n) is 2.93. The van der Waals surface area contributed by atoms with Crippen LogP contribution < -0.4 is 11.1 Å². The highest BCUT2D eigenvalue weighted by Crippen LogP contribution is 2.30. The van der Waals surface area contributed by atoms with E-state index in [0.717, 1.165) is 12.1 Å². The molecule has 1 amide bonds. The molecule has 1 aromatic carbocycles. The van der Waals surface area contributed by atoms with Gasteiger partial charge in [-0.1, -0.05) is 6.07 Å². The lowest BCUT2D eigenvalue weighted by molar-refractivity contribution is -0.137. The van der Waals surface area contributed by atoms with Gasteiger partial charge in [0.2, 0.25) is 0 Å². The molecule has 0 aliphatic carbocycles. The van der Waals surface area contributed by atoms with Gasteiger partial charge in [-0.15, -0.1) is 0 Å². The van der Waals surface area contributed by atoms with Gasteiger partial charge in [0.05, 0.1) is 16.9 Å². The minimum atomic E-state index is -4.47. The monoisotopic (exact) mass is 298 g/mol. The Balaban J connectivity index is 2.28. The van der Waals surface area contributed by atoms with Gasteiger partial charge in [-0.05, 0) is 25.1 Å². The number of hydrogen-bond acceptors (Lipinski definition) is 3. The number of aryl methyl sites for hydroxylation is 2. The molecule has 21 heavy (non-hydrogen) atoms. The predicted molar refractivity (Wildman–Crippen MR) is 71.8 cm³/mol. The van der Waals surface area contributed by atoms with Gasteiger partial charge >= 0.3 is 6.18 Å². The van der Waals surface area contributed by atoms with Gasteiger partial charge in [0, 0.05) is 12.7 Å². The van der Waals surface area contributed by atoms with E-state index in [1.165, 1.54) is 23.9 Å². The maximum absolute atomic E-state index is 12.6. The van der Waals surface area contributed by atoms with Crippen LogP contribution in [0.2, 0.25) is 0 Å². The maximum Gasteiger partial charge on any atom is 0.416 e. The van der Waals surface area contributed by atoms with Crippen molar-refractivity contribution >= 4 is 17.3 Å². The van der Waals surface area contributed by atoms with Crippen molar-refractivity contribution in [2.45, 2.75) is 13.1 Å². The number of halogens is 3. The van der Waals surface area contributed by atoms with Crippen molar-refractivity contribution in [3.8, 4) is 0 Å². The molecule has 0 saturated heterocycles.